The van der Waals surface area contributed by atoms with E-state index >= 15 is 0 Å². The molecule has 0 radical (unpaired) electrons. The molecule has 7 N–H and O–H groups in total. The minimum absolute atomic E-state index is 0.130. The van der Waals surface area contributed by atoms with E-state index in [2.05, 4.69) is 0 Å². The first kappa shape index (κ1) is 24.3. The molecule has 0 saturated carbocycles. The number of aliphatic hydroxyl groups excluding tert-OH is 4. The lowest BCUT2D eigenvalue weighted by Gasteiger charge is -2.39. The maximum atomic E-state index is 12.6. The lowest BCUT2D eigenvalue weighted by atomic mass is 9.99. The minimum Gasteiger partial charge on any atom is -0.504 e. The summed E-state index contributed by atoms with van der Waals surface area (Å²) in [6.45, 7) is -0.701. The van der Waals surface area contributed by atoms with Crippen LogP contribution >= 0.6 is 0 Å². The highest BCUT2D eigenvalue weighted by Gasteiger charge is 2.45. The Balaban J connectivity index is 1.83. The number of hydrogen-bond donors (Lipinski definition) is 7. The van der Waals surface area contributed by atoms with E-state index in [1.165, 1.54) is 25.3 Å². The molecule has 5 atom stereocenters. The van der Waals surface area contributed by atoms with Crippen molar-refractivity contribution >= 4 is 11.9 Å². The van der Waals surface area contributed by atoms with Crippen LogP contribution in [0.5, 0.6) is 28.7 Å². The van der Waals surface area contributed by atoms with Gasteiger partial charge in [-0.05, 0) is 35.9 Å². The van der Waals surface area contributed by atoms with Crippen molar-refractivity contribution in [1.82, 2.24) is 0 Å². The molecule has 33 heavy (non-hydrogen) atoms. The molecule has 1 heterocycles. The van der Waals surface area contributed by atoms with Crippen molar-refractivity contribution in [1.29, 1.82) is 0 Å². The smallest absolute Gasteiger partial charge is 0.229 e. The van der Waals surface area contributed by atoms with Crippen LogP contribution < -0.4 is 9.47 Å². The average molecular weight is 464 g/mol. The van der Waals surface area contributed by atoms with Gasteiger partial charge in [-0.15, -0.1) is 0 Å². The normalized spacial score (nSPS) is 25.2. The van der Waals surface area contributed by atoms with Crippen LogP contribution in [0.3, 0.4) is 0 Å². The molecule has 1 aliphatic heterocycles. The fraction of sp³-hybridized carbons (Fsp3) is 0.318. The predicted octanol–water partition coefficient (Wildman–Crippen LogP) is -0.113. The van der Waals surface area contributed by atoms with Gasteiger partial charge < -0.3 is 50.0 Å². The van der Waals surface area contributed by atoms with Crippen molar-refractivity contribution in [2.45, 2.75) is 30.7 Å². The second-order valence-corrected chi connectivity index (χ2v) is 7.25. The molecule has 0 amide bonds. The molecule has 0 aromatic heterocycles. The van der Waals surface area contributed by atoms with E-state index in [0.717, 1.165) is 18.2 Å². The van der Waals surface area contributed by atoms with Crippen LogP contribution in [0.4, 0.5) is 0 Å². The number of methoxy groups -OCH3 is 1. The largest absolute Gasteiger partial charge is 0.504 e. The van der Waals surface area contributed by atoms with Crippen LogP contribution in [0.1, 0.15) is 15.9 Å². The maximum Gasteiger partial charge on any atom is 0.229 e. The van der Waals surface area contributed by atoms with Crippen LogP contribution in [-0.4, -0.2) is 86.0 Å². The summed E-state index contributed by atoms with van der Waals surface area (Å²) in [4.78, 5) is 12.6. The summed E-state index contributed by atoms with van der Waals surface area (Å²) in [5, 5.41) is 69.5. The molecule has 1 aliphatic rings. The predicted molar refractivity (Wildman–Crippen MR) is 112 cm³/mol. The van der Waals surface area contributed by atoms with Crippen molar-refractivity contribution in [2.24, 2.45) is 0 Å². The first-order chi connectivity index (χ1) is 15.7. The number of benzene rings is 2. The summed E-state index contributed by atoms with van der Waals surface area (Å²) in [5.41, 5.74) is 0.207. The van der Waals surface area contributed by atoms with Gasteiger partial charge in [0.15, 0.2) is 28.8 Å². The highest BCUT2D eigenvalue weighted by Crippen LogP contribution is 2.40. The van der Waals surface area contributed by atoms with Crippen molar-refractivity contribution in [3.8, 4) is 28.7 Å². The van der Waals surface area contributed by atoms with E-state index < -0.39 is 60.3 Å². The molecule has 1 saturated heterocycles. The number of aromatic hydroxyl groups is 3. The first-order valence-corrected chi connectivity index (χ1v) is 9.79. The van der Waals surface area contributed by atoms with Gasteiger partial charge in [-0.1, -0.05) is 12.1 Å². The molecule has 0 spiro atoms. The number of ether oxygens (including phenoxy) is 3. The Labute approximate surface area is 188 Å². The molecule has 2 aromatic carbocycles. The third kappa shape index (κ3) is 5.02. The lowest BCUT2D eigenvalue weighted by molar-refractivity contribution is -0.277. The van der Waals surface area contributed by atoms with E-state index in [-0.39, 0.29) is 17.1 Å². The monoisotopic (exact) mass is 464 g/mol. The van der Waals surface area contributed by atoms with Crippen molar-refractivity contribution in [2.75, 3.05) is 13.7 Å². The van der Waals surface area contributed by atoms with Crippen molar-refractivity contribution in [3.05, 3.63) is 47.5 Å². The summed E-state index contributed by atoms with van der Waals surface area (Å²) in [7, 11) is 1.39. The fourth-order valence-electron chi connectivity index (χ4n) is 3.23. The number of hydrogen-bond acceptors (Lipinski definition) is 11. The van der Waals surface area contributed by atoms with Gasteiger partial charge >= 0.3 is 0 Å². The second kappa shape index (κ2) is 10.1. The maximum absolute atomic E-state index is 12.6. The van der Waals surface area contributed by atoms with Gasteiger partial charge in [0.2, 0.25) is 12.0 Å². The van der Waals surface area contributed by atoms with Gasteiger partial charge in [0.1, 0.15) is 24.4 Å². The van der Waals surface area contributed by atoms with Gasteiger partial charge in [-0.25, -0.2) is 0 Å². The Morgan fingerprint density at radius 3 is 2.39 bits per heavy atom. The van der Waals surface area contributed by atoms with E-state index in [1.807, 2.05) is 0 Å². The van der Waals surface area contributed by atoms with Crippen molar-refractivity contribution < 1.29 is 54.8 Å². The summed E-state index contributed by atoms with van der Waals surface area (Å²) >= 11 is 0. The summed E-state index contributed by atoms with van der Waals surface area (Å²) < 4.78 is 15.4. The number of allylic oxidation sites excluding steroid dienone is 1. The third-order valence-corrected chi connectivity index (χ3v) is 5.09. The Hall–Kier alpha value is -3.35. The van der Waals surface area contributed by atoms with Gasteiger partial charge in [0, 0.05) is 0 Å². The van der Waals surface area contributed by atoms with Gasteiger partial charge in [-0.3, -0.25) is 4.79 Å². The van der Waals surface area contributed by atoms with Crippen LogP contribution in [0.15, 0.2) is 36.4 Å². The summed E-state index contributed by atoms with van der Waals surface area (Å²) in [6.07, 6.45) is -5.60. The Kier molecular flexibility index (Phi) is 7.41. The zero-order valence-electron chi connectivity index (χ0n) is 17.4. The number of carbonyl (C=O) groups is 1. The molecule has 0 aliphatic carbocycles. The molecule has 11 nitrogen and oxygen atoms in total. The summed E-state index contributed by atoms with van der Waals surface area (Å²) in [5.74, 6) is -2.52. The highest BCUT2D eigenvalue weighted by atomic mass is 16.7. The lowest BCUT2D eigenvalue weighted by Crippen LogP contribution is -2.60. The molecule has 11 heteroatoms. The Morgan fingerprint density at radius 2 is 1.76 bits per heavy atom. The van der Waals surface area contributed by atoms with Gasteiger partial charge in [0.05, 0.1) is 19.3 Å². The van der Waals surface area contributed by atoms with Gasteiger partial charge in [0.25, 0.3) is 0 Å². The number of phenols is 3. The molecule has 178 valence electrons. The second-order valence-electron chi connectivity index (χ2n) is 7.25. The molecule has 1 fully saturated rings. The molecular formula is C22H24O11. The minimum atomic E-state index is -1.79. The molecule has 2 aromatic rings. The van der Waals surface area contributed by atoms with Crippen LogP contribution in [0, 0.1) is 0 Å². The molecular weight excluding hydrogens is 440 g/mol. The van der Waals surface area contributed by atoms with E-state index in [0.29, 0.717) is 5.56 Å². The molecule has 0 bridgehead atoms. The third-order valence-electron chi connectivity index (χ3n) is 5.09. The molecule has 0 unspecified atom stereocenters. The van der Waals surface area contributed by atoms with E-state index in [9.17, 15) is 40.5 Å². The van der Waals surface area contributed by atoms with Crippen molar-refractivity contribution in [3.63, 3.8) is 0 Å². The Morgan fingerprint density at radius 1 is 1.03 bits per heavy atom. The zero-order chi connectivity index (χ0) is 24.3. The Bertz CT molecular complexity index is 1030. The van der Waals surface area contributed by atoms with Crippen LogP contribution in [-0.2, 0) is 4.74 Å². The number of aliphatic hydroxyl groups is 4. The van der Waals surface area contributed by atoms with E-state index in [4.69, 9.17) is 14.2 Å². The highest BCUT2D eigenvalue weighted by molar-refractivity contribution is 6.09. The van der Waals surface area contributed by atoms with Crippen LogP contribution in [0.25, 0.3) is 6.08 Å². The average Bonchev–Trinajstić information content (AvgIpc) is 2.80. The zero-order valence-corrected chi connectivity index (χ0v) is 17.4. The number of phenolic OH excluding ortho intramolecular Hbond substituents is 3. The van der Waals surface area contributed by atoms with Gasteiger partial charge in [-0.2, -0.15) is 0 Å². The topological polar surface area (TPSA) is 186 Å². The number of rotatable bonds is 7. The molecule has 3 rings (SSSR count). The van der Waals surface area contributed by atoms with E-state index in [1.54, 1.807) is 6.07 Å². The fourth-order valence-corrected chi connectivity index (χ4v) is 3.23. The first-order valence-electron chi connectivity index (χ1n) is 9.79. The number of carbonyl (C=O) groups excluding carboxylic acids is 1. The van der Waals surface area contributed by atoms with Crippen LogP contribution in [0.2, 0.25) is 0 Å². The quantitative estimate of drug-likeness (QED) is 0.214. The standard InChI is InChI=1S/C22H24O11/c1-31-15-7-3-10(8-14(15)26)2-5-12(24)11-4-6-13(25)21(17(11)27)33-22-20(30)19(29)18(28)16(9-23)32-22/h2-8,16,18-20,22-23,25-30H,9H2,1H3/b5-2+/t16-,18+,19+,20-,22-/m0/s1. The summed E-state index contributed by atoms with van der Waals surface area (Å²) in [6, 6.07) is 6.67. The number of ketones is 1. The SMILES string of the molecule is COc1ccc(/C=C/C(=O)c2ccc(O)c(O[C@@H]3O[C@@H](CO)[C@@H](O)[C@@H](O)[C@@H]3O)c2O)cc1O.